The molecule has 8 nitrogen and oxygen atoms in total. The molecular weight excluding hydrogens is 376 g/mol. The van der Waals surface area contributed by atoms with Crippen molar-refractivity contribution in [1.82, 2.24) is 9.80 Å². The Bertz CT molecular complexity index is 751. The minimum Gasteiger partial charge on any atom is -0.483 e. The van der Waals surface area contributed by atoms with Crippen LogP contribution in [-0.2, 0) is 4.79 Å². The number of aliphatic hydroxyl groups excluding tert-OH is 1. The largest absolute Gasteiger partial charge is 0.483 e. The first-order valence-electron chi connectivity index (χ1n) is 10.3. The van der Waals surface area contributed by atoms with E-state index in [1.165, 1.54) is 12.8 Å². The molecule has 4 atom stereocenters. The number of fused-ring (bicyclic) bond motifs is 2. The van der Waals surface area contributed by atoms with Crippen LogP contribution in [0.15, 0.2) is 18.2 Å². The summed E-state index contributed by atoms with van der Waals surface area (Å²) in [6, 6.07) is 5.69. The fourth-order valence-corrected chi connectivity index (χ4v) is 5.25. The van der Waals surface area contributed by atoms with Crippen LogP contribution >= 0.6 is 0 Å². The van der Waals surface area contributed by atoms with Crippen LogP contribution in [0.4, 0.5) is 0 Å². The lowest BCUT2D eigenvalue weighted by Crippen LogP contribution is -2.48. The van der Waals surface area contributed by atoms with Crippen LogP contribution in [0.3, 0.4) is 0 Å². The minimum atomic E-state index is -0.255. The topological polar surface area (TPSA) is 99.5 Å². The summed E-state index contributed by atoms with van der Waals surface area (Å²) < 4.78 is 10.7. The molecule has 3 heterocycles. The normalized spacial score (nSPS) is 30.4. The van der Waals surface area contributed by atoms with E-state index in [2.05, 4.69) is 4.90 Å². The van der Waals surface area contributed by atoms with E-state index < -0.39 is 0 Å². The van der Waals surface area contributed by atoms with Gasteiger partial charge in [-0.05, 0) is 68.8 Å². The van der Waals surface area contributed by atoms with Crippen LogP contribution in [0.1, 0.15) is 36.0 Å². The third-order valence-corrected chi connectivity index (χ3v) is 6.63. The van der Waals surface area contributed by atoms with Gasteiger partial charge >= 0.3 is 0 Å². The summed E-state index contributed by atoms with van der Waals surface area (Å²) >= 11 is 0. The third kappa shape index (κ3) is 4.04. The van der Waals surface area contributed by atoms with Crippen LogP contribution in [0.5, 0.6) is 11.5 Å². The molecule has 1 aliphatic carbocycles. The number of hydrogen-bond donors (Lipinski definition) is 2. The first kappa shape index (κ1) is 20.0. The highest BCUT2D eigenvalue weighted by Gasteiger charge is 2.45. The molecule has 1 aromatic rings. The van der Waals surface area contributed by atoms with E-state index in [9.17, 15) is 9.90 Å². The number of rotatable bonds is 2. The second-order valence-corrected chi connectivity index (χ2v) is 8.25. The van der Waals surface area contributed by atoms with Crippen molar-refractivity contribution in [2.75, 3.05) is 33.0 Å². The molecule has 3 fully saturated rings. The molecule has 2 saturated heterocycles. The van der Waals surface area contributed by atoms with Crippen molar-refractivity contribution in [2.24, 2.45) is 11.8 Å². The smallest absolute Gasteiger partial charge is 0.290 e. The van der Waals surface area contributed by atoms with Gasteiger partial charge in [0.05, 0.1) is 6.10 Å². The maximum absolute atomic E-state index is 13.0. The average molecular weight is 404 g/mol. The Balaban J connectivity index is 0.000000645. The predicted molar refractivity (Wildman–Crippen MR) is 104 cm³/mol. The summed E-state index contributed by atoms with van der Waals surface area (Å²) in [6.07, 6.45) is 4.06. The fraction of sp³-hybridized carbons (Fsp3) is 0.619. The molecule has 3 aliphatic heterocycles. The number of hydrogen-bond acceptors (Lipinski definition) is 6. The van der Waals surface area contributed by atoms with E-state index in [0.29, 0.717) is 28.9 Å². The van der Waals surface area contributed by atoms with E-state index in [1.807, 2.05) is 17.0 Å². The molecule has 0 bridgehead atoms. The van der Waals surface area contributed by atoms with Gasteiger partial charge in [0.25, 0.3) is 12.4 Å². The lowest BCUT2D eigenvalue weighted by atomic mass is 9.77. The Morgan fingerprint density at radius 2 is 1.72 bits per heavy atom. The van der Waals surface area contributed by atoms with Crippen LogP contribution < -0.4 is 9.47 Å². The van der Waals surface area contributed by atoms with Gasteiger partial charge in [-0.15, -0.1) is 0 Å². The Hall–Kier alpha value is -2.32. The van der Waals surface area contributed by atoms with Gasteiger partial charge in [0.15, 0.2) is 11.5 Å². The van der Waals surface area contributed by atoms with Gasteiger partial charge in [-0.25, -0.2) is 0 Å². The zero-order chi connectivity index (χ0) is 20.4. The summed E-state index contributed by atoms with van der Waals surface area (Å²) in [5, 5.41) is 17.5. The third-order valence-electron chi connectivity index (χ3n) is 6.63. The Morgan fingerprint density at radius 1 is 1.07 bits per heavy atom. The molecule has 0 unspecified atom stereocenters. The molecule has 1 amide bonds. The molecule has 0 radical (unpaired) electrons. The predicted octanol–water partition coefficient (Wildman–Crippen LogP) is 1.42. The van der Waals surface area contributed by atoms with E-state index in [0.717, 1.165) is 39.0 Å². The van der Waals surface area contributed by atoms with Crippen LogP contribution in [0, 0.1) is 11.8 Å². The van der Waals surface area contributed by atoms with Crippen LogP contribution in [0.2, 0.25) is 0 Å². The first-order chi connectivity index (χ1) is 14.1. The van der Waals surface area contributed by atoms with Gasteiger partial charge < -0.3 is 24.6 Å². The average Bonchev–Trinajstić information content (AvgIpc) is 3.46. The number of likely N-dealkylation sites (tertiary alicyclic amines) is 2. The van der Waals surface area contributed by atoms with Crippen molar-refractivity contribution in [3.05, 3.63) is 23.8 Å². The molecule has 0 spiro atoms. The Morgan fingerprint density at radius 3 is 2.45 bits per heavy atom. The van der Waals surface area contributed by atoms with Crippen LogP contribution in [0.25, 0.3) is 0 Å². The summed E-state index contributed by atoms with van der Waals surface area (Å²) in [4.78, 5) is 25.8. The maximum atomic E-state index is 13.0. The number of amides is 1. The monoisotopic (exact) mass is 404 g/mol. The summed E-state index contributed by atoms with van der Waals surface area (Å²) in [7, 11) is 0. The number of carbonyl (C=O) groups is 2. The van der Waals surface area contributed by atoms with Gasteiger partial charge in [-0.2, -0.15) is 0 Å². The summed E-state index contributed by atoms with van der Waals surface area (Å²) in [6.45, 7) is 3.74. The zero-order valence-corrected chi connectivity index (χ0v) is 16.4. The highest BCUT2D eigenvalue weighted by Crippen LogP contribution is 2.40. The molecule has 8 heteroatoms. The summed E-state index contributed by atoms with van der Waals surface area (Å²) in [5.74, 6) is 2.33. The quantitative estimate of drug-likeness (QED) is 0.719. The van der Waals surface area contributed by atoms with Gasteiger partial charge in [-0.1, -0.05) is 0 Å². The fourth-order valence-electron chi connectivity index (χ4n) is 5.25. The molecule has 1 aromatic carbocycles. The zero-order valence-electron chi connectivity index (χ0n) is 16.4. The lowest BCUT2D eigenvalue weighted by Gasteiger charge is -2.40. The minimum absolute atomic E-state index is 0.0601. The van der Waals surface area contributed by atoms with Gasteiger partial charge in [0.2, 0.25) is 6.79 Å². The van der Waals surface area contributed by atoms with E-state index in [1.54, 1.807) is 6.07 Å². The van der Waals surface area contributed by atoms with E-state index >= 15 is 0 Å². The van der Waals surface area contributed by atoms with Crippen molar-refractivity contribution in [1.29, 1.82) is 0 Å². The number of nitrogens with zero attached hydrogens (tertiary/aromatic N) is 2. The first-order valence-corrected chi connectivity index (χ1v) is 10.3. The van der Waals surface area contributed by atoms with Crippen molar-refractivity contribution in [3.8, 4) is 11.5 Å². The maximum Gasteiger partial charge on any atom is 0.290 e. The van der Waals surface area contributed by atoms with Gasteiger partial charge in [0.1, 0.15) is 0 Å². The number of benzene rings is 1. The molecule has 1 saturated carbocycles. The highest BCUT2D eigenvalue weighted by molar-refractivity contribution is 5.95. The second-order valence-electron chi connectivity index (χ2n) is 8.25. The van der Waals surface area contributed by atoms with Crippen molar-refractivity contribution >= 4 is 12.4 Å². The van der Waals surface area contributed by atoms with Gasteiger partial charge in [-0.3, -0.25) is 14.5 Å². The molecule has 158 valence electrons. The second kappa shape index (κ2) is 8.59. The lowest BCUT2D eigenvalue weighted by molar-refractivity contribution is -0.122. The molecular formula is C21H28N2O6. The van der Waals surface area contributed by atoms with Crippen molar-refractivity contribution in [3.63, 3.8) is 0 Å². The highest BCUT2D eigenvalue weighted by atomic mass is 16.7. The molecule has 0 aromatic heterocycles. The number of aliphatic hydroxyl groups is 1. The van der Waals surface area contributed by atoms with E-state index in [-0.39, 0.29) is 31.3 Å². The number of ether oxygens (including phenoxy) is 2. The van der Waals surface area contributed by atoms with Crippen molar-refractivity contribution < 1.29 is 29.3 Å². The molecule has 5 rings (SSSR count). The van der Waals surface area contributed by atoms with Crippen LogP contribution in [-0.4, -0.2) is 77.5 Å². The Labute approximate surface area is 170 Å². The molecule has 29 heavy (non-hydrogen) atoms. The van der Waals surface area contributed by atoms with E-state index in [4.69, 9.17) is 19.4 Å². The number of carboxylic acid groups (broad SMARTS) is 1. The summed E-state index contributed by atoms with van der Waals surface area (Å²) in [5.41, 5.74) is 0.657. The SMILES string of the molecule is O=C(c1ccc2c(c1)OCO2)N1C[C@H]2C[C@@H](N3CCCC3)[C@H](O)C[C@H]2C1.O=CO. The molecule has 4 aliphatic rings. The number of carbonyl (C=O) groups excluding carboxylic acids is 1. The Kier molecular flexibility index (Phi) is 5.91. The molecule has 2 N–H and O–H groups in total. The standard InChI is InChI=1S/C20H26N2O4.CH2O2/c23-17-8-15-11-22(10-14(15)7-16(17)21-5-1-2-6-21)20(24)13-3-4-18-19(9-13)26-12-25-18;2-1-3/h3-4,9,14-17,23H,1-2,5-8,10-12H2;1H,(H,2,3)/t14-,15+,16-,17-;/m1./s1. The van der Waals surface area contributed by atoms with Gasteiger partial charge in [0, 0.05) is 24.7 Å². The van der Waals surface area contributed by atoms with Crippen molar-refractivity contribution in [2.45, 2.75) is 37.8 Å².